The standard InChI is InChI=1S/C13H15N2O2.Y/c1-10-7-14-15(12(10)9-16)8-13(17)11-5-3-2-4-6-11;/h2-6,10,12,14H,7-8H2,1H3;/q-1;. The fourth-order valence-electron chi connectivity index (χ4n) is 1.98. The van der Waals surface area contributed by atoms with Crippen molar-refractivity contribution in [2.75, 3.05) is 13.1 Å². The van der Waals surface area contributed by atoms with Crippen molar-refractivity contribution in [3.8, 4) is 0 Å². The number of ketones is 1. The molecule has 4 nitrogen and oxygen atoms in total. The van der Waals surface area contributed by atoms with Crippen molar-refractivity contribution < 1.29 is 42.3 Å². The smallest absolute Gasteiger partial charge is 0.178 e. The summed E-state index contributed by atoms with van der Waals surface area (Å²) in [5.41, 5.74) is 3.72. The van der Waals surface area contributed by atoms with Crippen molar-refractivity contribution in [3.63, 3.8) is 0 Å². The molecular weight excluding hydrogens is 305 g/mol. The Bertz CT molecular complexity index is 411. The molecule has 1 aromatic rings. The number of hydrogen-bond acceptors (Lipinski definition) is 4. The average Bonchev–Trinajstić information content (AvgIpc) is 2.71. The third-order valence-corrected chi connectivity index (χ3v) is 3.02. The van der Waals surface area contributed by atoms with E-state index in [4.69, 9.17) is 0 Å². The summed E-state index contributed by atoms with van der Waals surface area (Å²) in [6.07, 6.45) is 1.98. The number of hydrazine groups is 1. The number of rotatable bonds is 4. The molecule has 0 bridgehead atoms. The third-order valence-electron chi connectivity index (χ3n) is 3.02. The van der Waals surface area contributed by atoms with Gasteiger partial charge in [0.25, 0.3) is 0 Å². The van der Waals surface area contributed by atoms with Gasteiger partial charge in [0, 0.05) is 44.8 Å². The zero-order valence-corrected chi connectivity index (χ0v) is 13.1. The molecule has 0 saturated carbocycles. The van der Waals surface area contributed by atoms with Gasteiger partial charge < -0.3 is 4.79 Å². The van der Waals surface area contributed by atoms with Crippen molar-refractivity contribution in [1.82, 2.24) is 10.4 Å². The minimum atomic E-state index is -0.331. The Morgan fingerprint density at radius 2 is 2.11 bits per heavy atom. The molecule has 1 aliphatic heterocycles. The quantitative estimate of drug-likeness (QED) is 0.659. The molecule has 18 heavy (non-hydrogen) atoms. The van der Waals surface area contributed by atoms with Crippen LogP contribution in [0.2, 0.25) is 0 Å². The van der Waals surface area contributed by atoms with Crippen LogP contribution in [0, 0.1) is 5.92 Å². The molecule has 2 unspecified atom stereocenters. The minimum absolute atomic E-state index is 0. The molecule has 1 radical (unpaired) electrons. The second-order valence-electron chi connectivity index (χ2n) is 4.32. The van der Waals surface area contributed by atoms with Crippen molar-refractivity contribution in [2.24, 2.45) is 5.92 Å². The number of nitrogens with one attached hydrogen (secondary N) is 1. The van der Waals surface area contributed by atoms with E-state index in [2.05, 4.69) is 5.43 Å². The van der Waals surface area contributed by atoms with E-state index in [1.54, 1.807) is 17.1 Å². The van der Waals surface area contributed by atoms with Gasteiger partial charge in [0.2, 0.25) is 0 Å². The Balaban J connectivity index is 0.00000162. The van der Waals surface area contributed by atoms with Crippen LogP contribution < -0.4 is 5.43 Å². The summed E-state index contributed by atoms with van der Waals surface area (Å²) >= 11 is 0. The van der Waals surface area contributed by atoms with E-state index in [1.165, 1.54) is 0 Å². The van der Waals surface area contributed by atoms with Gasteiger partial charge in [0.15, 0.2) is 5.78 Å². The molecule has 0 aromatic heterocycles. The Labute approximate surface area is 132 Å². The fraction of sp³-hybridized carbons (Fsp3) is 0.385. The first-order valence-electron chi connectivity index (χ1n) is 5.68. The van der Waals surface area contributed by atoms with Crippen LogP contribution in [0.5, 0.6) is 0 Å². The van der Waals surface area contributed by atoms with Crippen LogP contribution in [0.15, 0.2) is 30.3 Å². The maximum absolute atomic E-state index is 12.0. The second-order valence-corrected chi connectivity index (χ2v) is 4.32. The van der Waals surface area contributed by atoms with Crippen LogP contribution >= 0.6 is 0 Å². The number of benzene rings is 1. The Morgan fingerprint density at radius 1 is 1.44 bits per heavy atom. The van der Waals surface area contributed by atoms with Crippen LogP contribution in [0.1, 0.15) is 17.3 Å². The summed E-state index contributed by atoms with van der Waals surface area (Å²) in [4.78, 5) is 22.8. The van der Waals surface area contributed by atoms with Gasteiger partial charge in [0.05, 0.1) is 6.54 Å². The van der Waals surface area contributed by atoms with E-state index < -0.39 is 0 Å². The van der Waals surface area contributed by atoms with Crippen LogP contribution in [-0.4, -0.2) is 36.2 Å². The molecule has 0 amide bonds. The summed E-state index contributed by atoms with van der Waals surface area (Å²) in [5.74, 6) is 0.198. The Morgan fingerprint density at radius 3 is 2.72 bits per heavy atom. The molecule has 0 aliphatic carbocycles. The maximum atomic E-state index is 12.0. The average molecular weight is 320 g/mol. The number of nitrogens with zero attached hydrogens (tertiary/aromatic N) is 1. The molecular formula is C13H15N2O2Y-. The summed E-state index contributed by atoms with van der Waals surface area (Å²) in [6.45, 7) is 2.88. The first-order chi connectivity index (χ1) is 8.22. The van der Waals surface area contributed by atoms with Gasteiger partial charge >= 0.3 is 0 Å². The molecule has 93 valence electrons. The molecule has 1 saturated heterocycles. The topological polar surface area (TPSA) is 49.4 Å². The maximum Gasteiger partial charge on any atom is 0.178 e. The van der Waals surface area contributed by atoms with Crippen molar-refractivity contribution >= 4 is 12.1 Å². The molecule has 0 spiro atoms. The SMILES string of the molecule is CC1CNN(CC(=O)c2ccccc2)C1[C-]=O.[Y]. The van der Waals surface area contributed by atoms with Crippen molar-refractivity contribution in [1.29, 1.82) is 0 Å². The predicted molar refractivity (Wildman–Crippen MR) is 64.1 cm³/mol. The second kappa shape index (κ2) is 7.24. The molecule has 5 heteroatoms. The molecule has 1 aromatic carbocycles. The largest absolute Gasteiger partial charge is 0.540 e. The minimum Gasteiger partial charge on any atom is -0.540 e. The van der Waals surface area contributed by atoms with Gasteiger partial charge in [-0.25, -0.2) is 6.29 Å². The Kier molecular flexibility index (Phi) is 6.29. The van der Waals surface area contributed by atoms with Gasteiger partial charge in [0.1, 0.15) is 0 Å². The molecule has 2 rings (SSSR count). The predicted octanol–water partition coefficient (Wildman–Crippen LogP) is 0.801. The van der Waals surface area contributed by atoms with E-state index in [1.807, 2.05) is 31.4 Å². The fourth-order valence-corrected chi connectivity index (χ4v) is 1.98. The number of carbonyl (C=O) groups is 1. The van der Waals surface area contributed by atoms with E-state index in [-0.39, 0.29) is 57.0 Å². The molecule has 1 N–H and O–H groups in total. The van der Waals surface area contributed by atoms with Gasteiger partial charge in [-0.05, 0) is 5.92 Å². The van der Waals surface area contributed by atoms with Crippen LogP contribution in [-0.2, 0) is 37.5 Å². The Hall–Kier alpha value is -0.416. The van der Waals surface area contributed by atoms with E-state index in [9.17, 15) is 9.59 Å². The summed E-state index contributed by atoms with van der Waals surface area (Å²) < 4.78 is 0. The normalized spacial score (nSPS) is 23.4. The number of carbonyl (C=O) groups excluding carboxylic acids is 2. The van der Waals surface area contributed by atoms with Gasteiger partial charge in [-0.3, -0.25) is 15.2 Å². The van der Waals surface area contributed by atoms with E-state index in [0.29, 0.717) is 12.1 Å². The van der Waals surface area contributed by atoms with Crippen LogP contribution in [0.4, 0.5) is 0 Å². The van der Waals surface area contributed by atoms with Crippen LogP contribution in [0.25, 0.3) is 0 Å². The first-order valence-corrected chi connectivity index (χ1v) is 5.68. The van der Waals surface area contributed by atoms with Crippen molar-refractivity contribution in [2.45, 2.75) is 13.0 Å². The van der Waals surface area contributed by atoms with Crippen LogP contribution in [0.3, 0.4) is 0 Å². The third kappa shape index (κ3) is 3.54. The molecule has 2 atom stereocenters. The summed E-state index contributed by atoms with van der Waals surface area (Å²) in [6, 6.07) is 8.76. The summed E-state index contributed by atoms with van der Waals surface area (Å²) in [7, 11) is 0. The molecule has 1 heterocycles. The van der Waals surface area contributed by atoms with Gasteiger partial charge in [-0.1, -0.05) is 43.3 Å². The van der Waals surface area contributed by atoms with E-state index >= 15 is 0 Å². The van der Waals surface area contributed by atoms with E-state index in [0.717, 1.165) is 0 Å². The zero-order chi connectivity index (χ0) is 12.3. The molecule has 1 aliphatic rings. The van der Waals surface area contributed by atoms with Gasteiger partial charge in [-0.15, -0.1) is 0 Å². The van der Waals surface area contributed by atoms with Gasteiger partial charge in [-0.2, -0.15) is 0 Å². The first kappa shape index (κ1) is 15.6. The number of hydrogen-bond donors (Lipinski definition) is 1. The zero-order valence-electron chi connectivity index (χ0n) is 10.3. The number of Topliss-reactive ketones (excluding diaryl/α,β-unsaturated/α-hetero) is 1. The monoisotopic (exact) mass is 320 g/mol. The summed E-state index contributed by atoms with van der Waals surface area (Å²) in [5, 5.41) is 1.67. The van der Waals surface area contributed by atoms with Crippen molar-refractivity contribution in [3.05, 3.63) is 35.9 Å². The molecule has 1 fully saturated rings.